The van der Waals surface area contributed by atoms with Crippen LogP contribution < -0.4 is 0 Å². The molecule has 0 amide bonds. The summed E-state index contributed by atoms with van der Waals surface area (Å²) in [4.78, 5) is 18.7. The molecular weight excluding hydrogens is 218 g/mol. The van der Waals surface area contributed by atoms with Gasteiger partial charge in [0.05, 0.1) is 19.8 Å². The number of hydrogen-bond acceptors (Lipinski definition) is 5. The summed E-state index contributed by atoms with van der Waals surface area (Å²) in [5.41, 5.74) is 0. The Morgan fingerprint density at radius 2 is 2.20 bits per heavy atom. The average molecular weight is 233 g/mol. The van der Waals surface area contributed by atoms with E-state index in [9.17, 15) is 9.79 Å². The Morgan fingerprint density at radius 3 is 2.73 bits per heavy atom. The zero-order chi connectivity index (χ0) is 11.5. The van der Waals surface area contributed by atoms with Crippen molar-refractivity contribution >= 4 is 15.8 Å². The molecule has 1 aliphatic rings. The lowest BCUT2D eigenvalue weighted by atomic mass is 10.1. The minimum absolute atomic E-state index is 0.0968. The van der Waals surface area contributed by atoms with Gasteiger partial charge in [0.15, 0.2) is 7.85 Å². The van der Waals surface area contributed by atoms with Gasteiger partial charge in [0.1, 0.15) is 11.3 Å². The van der Waals surface area contributed by atoms with Crippen molar-refractivity contribution in [1.82, 2.24) is 0 Å². The molecule has 84 valence electrons. The van der Waals surface area contributed by atoms with E-state index in [1.807, 2.05) is 0 Å². The molecule has 0 saturated carbocycles. The Morgan fingerprint density at radius 1 is 1.53 bits per heavy atom. The summed E-state index contributed by atoms with van der Waals surface area (Å²) >= 11 is 0. The zero-order valence-electron chi connectivity index (χ0n) is 8.79. The van der Waals surface area contributed by atoms with Gasteiger partial charge in [-0.25, -0.2) is 0 Å². The van der Waals surface area contributed by atoms with E-state index >= 15 is 0 Å². The molecule has 0 aromatic carbocycles. The highest BCUT2D eigenvalue weighted by atomic mass is 31.2. The number of ether oxygens (including phenoxy) is 2. The fourth-order valence-corrected chi connectivity index (χ4v) is 1.92. The van der Waals surface area contributed by atoms with E-state index < -0.39 is 7.94 Å². The monoisotopic (exact) mass is 233 g/mol. The number of methoxy groups -OCH3 is 1. The molecule has 1 fully saturated rings. The predicted octanol–water partition coefficient (Wildman–Crippen LogP) is 0.194. The summed E-state index contributed by atoms with van der Waals surface area (Å²) in [6.07, 6.45) is 1.77. The third-order valence-corrected chi connectivity index (χ3v) is 3.64. The van der Waals surface area contributed by atoms with Crippen molar-refractivity contribution in [2.24, 2.45) is 0 Å². The van der Waals surface area contributed by atoms with Crippen LogP contribution in [0.5, 0.6) is 0 Å². The maximum Gasteiger partial charge on any atom is 0.426 e. The fourth-order valence-electron chi connectivity index (χ4n) is 1.37. The first-order valence-corrected chi connectivity index (χ1v) is 6.15. The van der Waals surface area contributed by atoms with Gasteiger partial charge in [-0.15, -0.1) is 0 Å². The maximum absolute atomic E-state index is 9.37. The highest BCUT2D eigenvalue weighted by Crippen LogP contribution is 2.57. The molecule has 2 N–H and O–H groups in total. The minimum atomic E-state index is -3.60. The van der Waals surface area contributed by atoms with E-state index in [-0.39, 0.29) is 17.4 Å². The van der Waals surface area contributed by atoms with Crippen LogP contribution in [-0.2, 0) is 14.0 Å². The molecule has 15 heavy (non-hydrogen) atoms. The summed E-state index contributed by atoms with van der Waals surface area (Å²) in [6, 6.07) is 0. The molecule has 1 saturated heterocycles. The van der Waals surface area contributed by atoms with E-state index in [4.69, 9.17) is 17.3 Å². The number of hydrogen-bond donors (Lipinski definition) is 2. The standard InChI is InChI=1S/C8H15BO5P/c1-12-6-3-4-14-7(6)5-8(9)15(10,11)13-2/h5-7,10-11H,3-4H2,1-2H3/q+1/b8-5+. The van der Waals surface area contributed by atoms with Gasteiger partial charge in [-0.2, -0.15) is 14.3 Å². The Labute approximate surface area is 91.0 Å². The Balaban J connectivity index is 2.69. The van der Waals surface area contributed by atoms with Crippen LogP contribution in [0.2, 0.25) is 0 Å². The highest BCUT2D eigenvalue weighted by Gasteiger charge is 2.38. The van der Waals surface area contributed by atoms with Gasteiger partial charge in [-0.05, 0) is 12.5 Å². The van der Waals surface area contributed by atoms with Crippen LogP contribution in [0.25, 0.3) is 0 Å². The molecule has 0 bridgehead atoms. The first kappa shape index (κ1) is 13.1. The third-order valence-electron chi connectivity index (χ3n) is 2.31. The summed E-state index contributed by atoms with van der Waals surface area (Å²) in [6.45, 7) is 0.572. The second kappa shape index (κ2) is 5.39. The van der Waals surface area contributed by atoms with Gasteiger partial charge >= 0.3 is 7.94 Å². The molecule has 7 heteroatoms. The smallest absolute Gasteiger partial charge is 0.378 e. The van der Waals surface area contributed by atoms with Gasteiger partial charge in [0.25, 0.3) is 0 Å². The molecule has 0 aromatic heterocycles. The van der Waals surface area contributed by atoms with Crippen LogP contribution in [0, 0.1) is 0 Å². The fraction of sp³-hybridized carbons (Fsp3) is 0.750. The second-order valence-corrected chi connectivity index (χ2v) is 5.19. The quantitative estimate of drug-likeness (QED) is 0.536. The van der Waals surface area contributed by atoms with Crippen molar-refractivity contribution in [3.8, 4) is 0 Å². The largest absolute Gasteiger partial charge is 0.426 e. The minimum Gasteiger partial charge on any atom is -0.378 e. The van der Waals surface area contributed by atoms with Crippen LogP contribution >= 0.6 is 7.94 Å². The Kier molecular flexibility index (Phi) is 4.71. The lowest BCUT2D eigenvalue weighted by molar-refractivity contribution is 0.0424. The van der Waals surface area contributed by atoms with Crippen molar-refractivity contribution in [1.29, 1.82) is 0 Å². The van der Waals surface area contributed by atoms with Crippen molar-refractivity contribution < 1.29 is 23.8 Å². The van der Waals surface area contributed by atoms with Crippen LogP contribution in [0.4, 0.5) is 0 Å². The number of rotatable bonds is 4. The molecule has 0 aromatic rings. The third kappa shape index (κ3) is 3.24. The molecule has 0 aliphatic carbocycles. The Bertz CT molecular complexity index is 245. The molecule has 2 radical (unpaired) electrons. The normalized spacial score (nSPS) is 28.4. The molecular formula is C8H15BO5P+. The van der Waals surface area contributed by atoms with E-state index in [0.29, 0.717) is 6.61 Å². The molecule has 2 atom stereocenters. The van der Waals surface area contributed by atoms with Crippen molar-refractivity contribution in [3.05, 3.63) is 11.3 Å². The van der Waals surface area contributed by atoms with Gasteiger partial charge in [0.2, 0.25) is 0 Å². The van der Waals surface area contributed by atoms with E-state index in [1.54, 1.807) is 7.11 Å². The van der Waals surface area contributed by atoms with Crippen LogP contribution in [0.3, 0.4) is 0 Å². The summed E-state index contributed by atoms with van der Waals surface area (Å²) in [5, 5.41) is -0.0982. The zero-order valence-corrected chi connectivity index (χ0v) is 9.68. The van der Waals surface area contributed by atoms with Crippen molar-refractivity contribution in [2.45, 2.75) is 18.6 Å². The van der Waals surface area contributed by atoms with Gasteiger partial charge in [-0.1, -0.05) is 0 Å². The highest BCUT2D eigenvalue weighted by molar-refractivity contribution is 7.66. The first-order valence-electron chi connectivity index (χ1n) is 4.54. The molecule has 5 nitrogen and oxygen atoms in total. The molecule has 1 rings (SSSR count). The van der Waals surface area contributed by atoms with Crippen molar-refractivity contribution in [2.75, 3.05) is 20.8 Å². The first-order chi connectivity index (χ1) is 7.01. The lowest BCUT2D eigenvalue weighted by Gasteiger charge is -2.15. The Hall–Kier alpha value is 0.0349. The molecule has 1 aliphatic heterocycles. The van der Waals surface area contributed by atoms with E-state index in [1.165, 1.54) is 13.2 Å². The topological polar surface area (TPSA) is 68.2 Å². The van der Waals surface area contributed by atoms with Gasteiger partial charge in [-0.3, -0.25) is 0 Å². The van der Waals surface area contributed by atoms with E-state index in [0.717, 1.165) is 6.42 Å². The molecule has 2 unspecified atom stereocenters. The van der Waals surface area contributed by atoms with Gasteiger partial charge < -0.3 is 9.47 Å². The SMILES string of the molecule is [B]/C(=C\C1OCCC1OC)[P+](O)(O)OC. The molecule has 1 heterocycles. The second-order valence-electron chi connectivity index (χ2n) is 3.22. The van der Waals surface area contributed by atoms with E-state index in [2.05, 4.69) is 4.52 Å². The summed E-state index contributed by atoms with van der Waals surface area (Å²) in [7, 11) is 4.68. The van der Waals surface area contributed by atoms with Gasteiger partial charge in [0, 0.05) is 7.11 Å². The van der Waals surface area contributed by atoms with Crippen LogP contribution in [-0.4, -0.2) is 50.7 Å². The summed E-state index contributed by atoms with van der Waals surface area (Å²) < 4.78 is 15.0. The lowest BCUT2D eigenvalue weighted by Crippen LogP contribution is -2.21. The average Bonchev–Trinajstić information content (AvgIpc) is 2.65. The van der Waals surface area contributed by atoms with Crippen molar-refractivity contribution in [3.63, 3.8) is 0 Å². The maximum atomic E-state index is 9.37. The summed E-state index contributed by atoms with van der Waals surface area (Å²) in [5.74, 6) is 0. The van der Waals surface area contributed by atoms with Crippen LogP contribution in [0.15, 0.2) is 11.3 Å². The predicted molar refractivity (Wildman–Crippen MR) is 57.4 cm³/mol. The van der Waals surface area contributed by atoms with Crippen LogP contribution in [0.1, 0.15) is 6.42 Å². The molecule has 0 spiro atoms.